The average molecular weight is 479 g/mol. The van der Waals surface area contributed by atoms with E-state index in [-0.39, 0.29) is 28.7 Å². The minimum Gasteiger partial charge on any atom is -0.494 e. The van der Waals surface area contributed by atoms with Gasteiger partial charge >= 0.3 is 5.69 Å². The quantitative estimate of drug-likeness (QED) is 0.374. The van der Waals surface area contributed by atoms with Gasteiger partial charge in [0, 0.05) is 34.9 Å². The number of aryl methyl sites for hydroxylation is 1. The molecule has 0 aliphatic carbocycles. The number of nitrogens with zero attached hydrogens (tertiary/aromatic N) is 4. The molecule has 3 aromatic heterocycles. The first-order chi connectivity index (χ1) is 16.4. The minimum absolute atomic E-state index is 0.00649. The summed E-state index contributed by atoms with van der Waals surface area (Å²) in [6.07, 6.45) is 3.57. The van der Waals surface area contributed by atoms with E-state index in [9.17, 15) is 9.18 Å². The molecule has 0 bridgehead atoms. The van der Waals surface area contributed by atoms with Crippen LogP contribution in [-0.2, 0) is 13.1 Å². The van der Waals surface area contributed by atoms with Crippen LogP contribution in [0.15, 0.2) is 53.6 Å². The normalized spacial score (nSPS) is 11.3. The molecule has 34 heavy (non-hydrogen) atoms. The number of aromatic nitrogens is 5. The SMILES string of the molecule is COc1ccc(Cl)c(CNc2nc(=O)[nH]c3nn(Cc4cnc5ccc(C)cc5c4)cc23)c1F. The summed E-state index contributed by atoms with van der Waals surface area (Å²) in [6.45, 7) is 2.49. The van der Waals surface area contributed by atoms with E-state index in [2.05, 4.69) is 37.5 Å². The van der Waals surface area contributed by atoms with Gasteiger partial charge in [0.05, 0.1) is 24.6 Å². The van der Waals surface area contributed by atoms with Gasteiger partial charge in [-0.05, 0) is 42.8 Å². The number of aromatic amines is 1. The van der Waals surface area contributed by atoms with Crippen molar-refractivity contribution in [3.63, 3.8) is 0 Å². The first-order valence-electron chi connectivity index (χ1n) is 10.5. The fraction of sp³-hybridized carbons (Fsp3) is 0.167. The van der Waals surface area contributed by atoms with Crippen molar-refractivity contribution in [2.45, 2.75) is 20.0 Å². The number of halogens is 2. The first-order valence-corrected chi connectivity index (χ1v) is 10.9. The number of ether oxygens (including phenoxy) is 1. The standard InChI is InChI=1S/C24H20ClFN6O2/c1-13-3-5-19-15(7-13)8-14(9-27-19)11-32-12-17-22(29-24(33)30-23(17)31-32)28-10-16-18(25)4-6-20(34-2)21(16)26/h3-9,12H,10-11H2,1-2H3,(H2,28,29,30,31,33). The van der Waals surface area contributed by atoms with E-state index >= 15 is 0 Å². The molecule has 0 spiro atoms. The second-order valence-electron chi connectivity index (χ2n) is 7.91. The number of methoxy groups -OCH3 is 1. The molecule has 0 fully saturated rings. The van der Waals surface area contributed by atoms with Crippen molar-refractivity contribution < 1.29 is 9.13 Å². The van der Waals surface area contributed by atoms with Crippen LogP contribution in [0.3, 0.4) is 0 Å². The van der Waals surface area contributed by atoms with E-state index in [1.807, 2.05) is 19.1 Å². The summed E-state index contributed by atoms with van der Waals surface area (Å²) < 4.78 is 21.4. The van der Waals surface area contributed by atoms with Crippen molar-refractivity contribution in [1.82, 2.24) is 24.7 Å². The zero-order valence-corrected chi connectivity index (χ0v) is 19.2. The lowest BCUT2D eigenvalue weighted by atomic mass is 10.1. The van der Waals surface area contributed by atoms with Crippen molar-refractivity contribution in [2.75, 3.05) is 12.4 Å². The van der Waals surface area contributed by atoms with E-state index in [0.717, 1.165) is 22.0 Å². The number of H-pyrrole nitrogens is 1. The fourth-order valence-corrected chi connectivity index (χ4v) is 4.04. The molecule has 5 aromatic rings. The second-order valence-corrected chi connectivity index (χ2v) is 8.32. The highest BCUT2D eigenvalue weighted by atomic mass is 35.5. The molecule has 0 aliphatic rings. The van der Waals surface area contributed by atoms with Gasteiger partial charge < -0.3 is 10.1 Å². The van der Waals surface area contributed by atoms with Crippen molar-refractivity contribution in [3.8, 4) is 5.75 Å². The van der Waals surface area contributed by atoms with Gasteiger partial charge in [0.1, 0.15) is 5.82 Å². The summed E-state index contributed by atoms with van der Waals surface area (Å²) in [5.74, 6) is -0.217. The topological polar surface area (TPSA) is 97.7 Å². The number of rotatable bonds is 6. The number of nitrogens with one attached hydrogen (secondary N) is 2. The predicted octanol–water partition coefficient (Wildman–Crippen LogP) is 4.44. The lowest BCUT2D eigenvalue weighted by molar-refractivity contribution is 0.384. The van der Waals surface area contributed by atoms with Gasteiger partial charge in [-0.15, -0.1) is 0 Å². The van der Waals surface area contributed by atoms with E-state index in [4.69, 9.17) is 16.3 Å². The van der Waals surface area contributed by atoms with Gasteiger partial charge in [0.2, 0.25) is 0 Å². The third kappa shape index (κ3) is 4.17. The monoisotopic (exact) mass is 478 g/mol. The molecule has 2 N–H and O–H groups in total. The summed E-state index contributed by atoms with van der Waals surface area (Å²) in [7, 11) is 1.38. The van der Waals surface area contributed by atoms with Crippen LogP contribution in [-0.4, -0.2) is 31.8 Å². The molecule has 2 aromatic carbocycles. The lowest BCUT2D eigenvalue weighted by Crippen LogP contribution is -2.14. The van der Waals surface area contributed by atoms with E-state index in [1.165, 1.54) is 13.2 Å². The molecule has 0 unspecified atom stereocenters. The number of hydrogen-bond donors (Lipinski definition) is 2. The van der Waals surface area contributed by atoms with E-state index in [0.29, 0.717) is 17.6 Å². The van der Waals surface area contributed by atoms with Crippen molar-refractivity contribution in [1.29, 1.82) is 0 Å². The van der Waals surface area contributed by atoms with Crippen LogP contribution in [0.25, 0.3) is 21.9 Å². The molecule has 8 nitrogen and oxygen atoms in total. The number of benzene rings is 2. The number of anilines is 1. The zero-order chi connectivity index (χ0) is 23.8. The van der Waals surface area contributed by atoms with Gasteiger partial charge in [-0.3, -0.25) is 14.6 Å². The third-order valence-corrected chi connectivity index (χ3v) is 5.85. The molecule has 0 atom stereocenters. The van der Waals surface area contributed by atoms with Crippen LogP contribution >= 0.6 is 11.6 Å². The van der Waals surface area contributed by atoms with Gasteiger partial charge in [-0.1, -0.05) is 23.2 Å². The van der Waals surface area contributed by atoms with Crippen LogP contribution in [0.5, 0.6) is 5.75 Å². The maximum atomic E-state index is 14.7. The molecule has 0 amide bonds. The summed E-state index contributed by atoms with van der Waals surface area (Å²) in [5, 5.41) is 9.36. The Balaban J connectivity index is 1.45. The number of fused-ring (bicyclic) bond motifs is 2. The maximum absolute atomic E-state index is 14.7. The molecular formula is C24H20ClFN6O2. The molecule has 0 saturated heterocycles. The molecule has 3 heterocycles. The Morgan fingerprint density at radius 1 is 1.24 bits per heavy atom. The van der Waals surface area contributed by atoms with E-state index in [1.54, 1.807) is 23.1 Å². The highest BCUT2D eigenvalue weighted by Gasteiger charge is 2.15. The molecule has 0 radical (unpaired) electrons. The van der Waals surface area contributed by atoms with Crippen molar-refractivity contribution in [3.05, 3.63) is 86.8 Å². The Kier molecular flexibility index (Phi) is 5.62. The predicted molar refractivity (Wildman–Crippen MR) is 129 cm³/mol. The summed E-state index contributed by atoms with van der Waals surface area (Å²) >= 11 is 6.17. The fourth-order valence-electron chi connectivity index (χ4n) is 3.83. The van der Waals surface area contributed by atoms with Crippen LogP contribution < -0.4 is 15.7 Å². The van der Waals surface area contributed by atoms with Crippen LogP contribution in [0.2, 0.25) is 5.02 Å². The Morgan fingerprint density at radius 2 is 2.09 bits per heavy atom. The van der Waals surface area contributed by atoms with Gasteiger partial charge in [0.15, 0.2) is 17.2 Å². The lowest BCUT2D eigenvalue weighted by Gasteiger charge is -2.11. The Morgan fingerprint density at radius 3 is 2.91 bits per heavy atom. The Labute approximate surface area is 198 Å². The van der Waals surface area contributed by atoms with Crippen LogP contribution in [0.4, 0.5) is 10.2 Å². The van der Waals surface area contributed by atoms with Crippen LogP contribution in [0.1, 0.15) is 16.7 Å². The van der Waals surface area contributed by atoms with Crippen molar-refractivity contribution >= 4 is 39.4 Å². The molecule has 10 heteroatoms. The smallest absolute Gasteiger partial charge is 0.348 e. The maximum Gasteiger partial charge on any atom is 0.348 e. The van der Waals surface area contributed by atoms with Gasteiger partial charge in [-0.25, -0.2) is 9.18 Å². The van der Waals surface area contributed by atoms with Crippen LogP contribution in [0, 0.1) is 12.7 Å². The third-order valence-electron chi connectivity index (χ3n) is 5.50. The molecule has 0 saturated carbocycles. The number of pyridine rings is 1. The molecular weight excluding hydrogens is 459 g/mol. The summed E-state index contributed by atoms with van der Waals surface area (Å²) in [4.78, 5) is 23.3. The molecule has 172 valence electrons. The average Bonchev–Trinajstić information content (AvgIpc) is 3.20. The van der Waals surface area contributed by atoms with Crippen molar-refractivity contribution in [2.24, 2.45) is 0 Å². The second kappa shape index (κ2) is 8.75. The van der Waals surface area contributed by atoms with Gasteiger partial charge in [0.25, 0.3) is 0 Å². The number of hydrogen-bond acceptors (Lipinski definition) is 6. The Hall–Kier alpha value is -3.98. The van der Waals surface area contributed by atoms with E-state index < -0.39 is 11.5 Å². The summed E-state index contributed by atoms with van der Waals surface area (Å²) in [6, 6.07) is 11.2. The minimum atomic E-state index is -0.571. The highest BCUT2D eigenvalue weighted by molar-refractivity contribution is 6.31. The zero-order valence-electron chi connectivity index (χ0n) is 18.4. The molecule has 0 aliphatic heterocycles. The first kappa shape index (κ1) is 21.8. The summed E-state index contributed by atoms with van der Waals surface area (Å²) in [5.41, 5.74) is 3.04. The highest BCUT2D eigenvalue weighted by Crippen LogP contribution is 2.28. The largest absolute Gasteiger partial charge is 0.494 e. The molecule has 5 rings (SSSR count). The van der Waals surface area contributed by atoms with Gasteiger partial charge in [-0.2, -0.15) is 10.1 Å². The Bertz CT molecular complexity index is 1600.